The van der Waals surface area contributed by atoms with E-state index in [0.717, 1.165) is 13.1 Å². The van der Waals surface area contributed by atoms with Gasteiger partial charge in [-0.05, 0) is 25.9 Å². The summed E-state index contributed by atoms with van der Waals surface area (Å²) in [6.45, 7) is 5.70. The van der Waals surface area contributed by atoms with Gasteiger partial charge in [-0.25, -0.2) is 0 Å². The number of nitrogens with one attached hydrogen (secondary N) is 1. The van der Waals surface area contributed by atoms with Crippen LogP contribution in [0.15, 0.2) is 0 Å². The van der Waals surface area contributed by atoms with Crippen molar-refractivity contribution in [3.8, 4) is 0 Å². The smallest absolute Gasteiger partial charge is 0.0948 e. The van der Waals surface area contributed by atoms with Crippen LogP contribution in [0.2, 0.25) is 0 Å². The minimum Gasteiger partial charge on any atom is -0.389 e. The molecule has 2 aliphatic rings. The van der Waals surface area contributed by atoms with Crippen molar-refractivity contribution in [3.63, 3.8) is 0 Å². The summed E-state index contributed by atoms with van der Waals surface area (Å²) in [6, 6.07) is 0.670. The molecule has 4 unspecified atom stereocenters. The predicted molar refractivity (Wildman–Crippen MR) is 58.8 cm³/mol. The molecule has 15 heavy (non-hydrogen) atoms. The molecule has 0 spiro atoms. The molecular formula is C11H22N2O2. The van der Waals surface area contributed by atoms with Crippen LogP contribution in [0.3, 0.4) is 0 Å². The van der Waals surface area contributed by atoms with Crippen LogP contribution in [0, 0.1) is 5.92 Å². The fraction of sp³-hybridized carbons (Fsp3) is 1.00. The maximum atomic E-state index is 9.66. The first-order valence-corrected chi connectivity index (χ1v) is 5.87. The second kappa shape index (κ2) is 4.78. The summed E-state index contributed by atoms with van der Waals surface area (Å²) >= 11 is 0. The van der Waals surface area contributed by atoms with Crippen LogP contribution in [0.5, 0.6) is 0 Å². The van der Waals surface area contributed by atoms with Crippen LogP contribution in [-0.2, 0) is 4.74 Å². The molecule has 0 aromatic heterocycles. The zero-order valence-electron chi connectivity index (χ0n) is 9.65. The quantitative estimate of drug-likeness (QED) is 0.661. The van der Waals surface area contributed by atoms with E-state index in [0.29, 0.717) is 25.2 Å². The molecule has 88 valence electrons. The third-order valence-electron chi connectivity index (χ3n) is 3.59. The zero-order chi connectivity index (χ0) is 10.8. The number of hydrogen-bond acceptors (Lipinski definition) is 4. The van der Waals surface area contributed by atoms with Gasteiger partial charge in [-0.2, -0.15) is 0 Å². The second-order valence-electron chi connectivity index (χ2n) is 5.01. The van der Waals surface area contributed by atoms with Crippen LogP contribution >= 0.6 is 0 Å². The Kier molecular flexibility index (Phi) is 3.61. The molecule has 0 aromatic rings. The average molecular weight is 214 g/mol. The lowest BCUT2D eigenvalue weighted by molar-refractivity contribution is 0.112. The highest BCUT2D eigenvalue weighted by atomic mass is 16.5. The van der Waals surface area contributed by atoms with E-state index in [2.05, 4.69) is 24.2 Å². The summed E-state index contributed by atoms with van der Waals surface area (Å²) in [4.78, 5) is 2.37. The lowest BCUT2D eigenvalue weighted by Crippen LogP contribution is -2.53. The van der Waals surface area contributed by atoms with E-state index in [1.54, 1.807) is 0 Å². The van der Waals surface area contributed by atoms with Crippen molar-refractivity contribution in [3.05, 3.63) is 0 Å². The van der Waals surface area contributed by atoms with E-state index in [1.807, 2.05) is 0 Å². The number of rotatable bonds is 2. The molecule has 0 saturated carbocycles. The van der Waals surface area contributed by atoms with Crippen LogP contribution < -0.4 is 5.32 Å². The molecular weight excluding hydrogens is 192 g/mol. The summed E-state index contributed by atoms with van der Waals surface area (Å²) in [7, 11) is 2.17. The van der Waals surface area contributed by atoms with Gasteiger partial charge in [0.1, 0.15) is 0 Å². The Hall–Kier alpha value is -0.160. The Labute approximate surface area is 91.6 Å². The number of nitrogens with zero attached hydrogens (tertiary/aromatic N) is 1. The highest BCUT2D eigenvalue weighted by molar-refractivity contribution is 4.88. The van der Waals surface area contributed by atoms with Crippen LogP contribution in [0.25, 0.3) is 0 Å². The van der Waals surface area contributed by atoms with Gasteiger partial charge in [0.05, 0.1) is 25.4 Å². The molecule has 4 heteroatoms. The first-order valence-electron chi connectivity index (χ1n) is 5.87. The van der Waals surface area contributed by atoms with Gasteiger partial charge in [0, 0.05) is 12.6 Å². The molecule has 4 atom stereocenters. The number of piperidine rings is 1. The maximum absolute atomic E-state index is 9.66. The lowest BCUT2D eigenvalue weighted by Gasteiger charge is -2.37. The number of ether oxygens (including phenoxy) is 1. The molecule has 0 aliphatic carbocycles. The Balaban J connectivity index is 1.83. The van der Waals surface area contributed by atoms with Crippen molar-refractivity contribution in [2.24, 2.45) is 5.92 Å². The van der Waals surface area contributed by atoms with E-state index in [1.165, 1.54) is 6.42 Å². The van der Waals surface area contributed by atoms with Crippen molar-refractivity contribution in [2.75, 3.05) is 33.4 Å². The van der Waals surface area contributed by atoms with Gasteiger partial charge in [0.2, 0.25) is 0 Å². The Morgan fingerprint density at radius 3 is 2.73 bits per heavy atom. The number of aliphatic hydroxyl groups is 1. The minimum atomic E-state index is -0.322. The Morgan fingerprint density at radius 1 is 1.33 bits per heavy atom. The van der Waals surface area contributed by atoms with Gasteiger partial charge in [0.25, 0.3) is 0 Å². The van der Waals surface area contributed by atoms with Gasteiger partial charge in [-0.15, -0.1) is 0 Å². The molecule has 0 aromatic carbocycles. The molecule has 2 saturated heterocycles. The number of hydrogen-bond donors (Lipinski definition) is 2. The van der Waals surface area contributed by atoms with Crippen LogP contribution in [0.4, 0.5) is 0 Å². The topological polar surface area (TPSA) is 44.7 Å². The number of likely N-dealkylation sites (tertiary alicyclic amines) is 1. The van der Waals surface area contributed by atoms with Gasteiger partial charge < -0.3 is 20.1 Å². The third-order valence-corrected chi connectivity index (χ3v) is 3.59. The number of aliphatic hydroxyl groups excluding tert-OH is 1. The highest BCUT2D eigenvalue weighted by Crippen LogP contribution is 2.17. The molecule has 4 nitrogen and oxygen atoms in total. The fourth-order valence-electron chi connectivity index (χ4n) is 2.58. The fourth-order valence-corrected chi connectivity index (χ4v) is 2.58. The van der Waals surface area contributed by atoms with Crippen molar-refractivity contribution in [1.29, 1.82) is 0 Å². The molecule has 2 heterocycles. The van der Waals surface area contributed by atoms with Crippen molar-refractivity contribution in [1.82, 2.24) is 10.2 Å². The summed E-state index contributed by atoms with van der Waals surface area (Å²) in [5.41, 5.74) is 0. The van der Waals surface area contributed by atoms with Gasteiger partial charge in [-0.1, -0.05) is 6.92 Å². The van der Waals surface area contributed by atoms with Gasteiger partial charge >= 0.3 is 0 Å². The SMILES string of the molecule is CC1CN(C)CCC1NC1COCC1O. The monoisotopic (exact) mass is 214 g/mol. The first-order chi connectivity index (χ1) is 7.16. The average Bonchev–Trinajstić information content (AvgIpc) is 2.57. The molecule has 0 bridgehead atoms. The largest absolute Gasteiger partial charge is 0.389 e. The van der Waals surface area contributed by atoms with E-state index in [4.69, 9.17) is 4.74 Å². The summed E-state index contributed by atoms with van der Waals surface area (Å²) in [5, 5.41) is 13.2. The normalized spacial score (nSPS) is 43.4. The minimum absolute atomic E-state index is 0.140. The van der Waals surface area contributed by atoms with E-state index in [9.17, 15) is 5.11 Å². The molecule has 0 radical (unpaired) electrons. The molecule has 2 rings (SSSR count). The standard InChI is InChI=1S/C11H22N2O2/c1-8-5-13(2)4-3-9(8)12-10-6-15-7-11(10)14/h8-12,14H,3-7H2,1-2H3. The van der Waals surface area contributed by atoms with Crippen LogP contribution in [-0.4, -0.2) is 61.5 Å². The van der Waals surface area contributed by atoms with Crippen LogP contribution in [0.1, 0.15) is 13.3 Å². The summed E-state index contributed by atoms with van der Waals surface area (Å²) in [5.74, 6) is 0.650. The molecule has 0 amide bonds. The van der Waals surface area contributed by atoms with Gasteiger partial charge in [-0.3, -0.25) is 0 Å². The molecule has 2 N–H and O–H groups in total. The predicted octanol–water partition coefficient (Wildman–Crippen LogP) is -0.324. The van der Waals surface area contributed by atoms with Crippen molar-refractivity contribution in [2.45, 2.75) is 31.5 Å². The first kappa shape index (κ1) is 11.3. The van der Waals surface area contributed by atoms with Crippen molar-refractivity contribution >= 4 is 0 Å². The summed E-state index contributed by atoms with van der Waals surface area (Å²) < 4.78 is 5.24. The van der Waals surface area contributed by atoms with E-state index < -0.39 is 0 Å². The van der Waals surface area contributed by atoms with E-state index in [-0.39, 0.29) is 12.1 Å². The highest BCUT2D eigenvalue weighted by Gasteiger charge is 2.31. The molecule has 2 fully saturated rings. The lowest BCUT2D eigenvalue weighted by atomic mass is 9.93. The second-order valence-corrected chi connectivity index (χ2v) is 5.01. The maximum Gasteiger partial charge on any atom is 0.0948 e. The van der Waals surface area contributed by atoms with Gasteiger partial charge in [0.15, 0.2) is 0 Å². The summed E-state index contributed by atoms with van der Waals surface area (Å²) in [6.07, 6.45) is 0.845. The van der Waals surface area contributed by atoms with E-state index >= 15 is 0 Å². The Morgan fingerprint density at radius 2 is 2.13 bits per heavy atom. The Bertz CT molecular complexity index is 213. The van der Waals surface area contributed by atoms with Crippen molar-refractivity contribution < 1.29 is 9.84 Å². The third kappa shape index (κ3) is 2.69. The molecule has 2 aliphatic heterocycles. The zero-order valence-corrected chi connectivity index (χ0v) is 9.65.